The number of hydrogen-bond donors (Lipinski definition) is 2. The highest BCUT2D eigenvalue weighted by molar-refractivity contribution is 6.07. The molecule has 0 fully saturated rings. The molecule has 0 bridgehead atoms. The van der Waals surface area contributed by atoms with Crippen molar-refractivity contribution in [2.75, 3.05) is 0 Å². The largest absolute Gasteiger partial charge is 0.504 e. The van der Waals surface area contributed by atoms with Crippen LogP contribution in [0.1, 0.15) is 27.0 Å². The summed E-state index contributed by atoms with van der Waals surface area (Å²) >= 11 is 0. The number of carbonyl (C=O) groups is 1. The molecule has 0 saturated carbocycles. The number of phenols is 2. The fraction of sp³-hybridized carbons (Fsp3) is 0.118. The molecule has 2 aromatic carbocycles. The van der Waals surface area contributed by atoms with Crippen LogP contribution in [0.2, 0.25) is 0 Å². The lowest BCUT2D eigenvalue weighted by Gasteiger charge is -2.03. The molecule has 0 aliphatic heterocycles. The van der Waals surface area contributed by atoms with Crippen LogP contribution in [-0.2, 0) is 0 Å². The maximum atomic E-state index is 12.1. The molecule has 20 heavy (non-hydrogen) atoms. The molecule has 0 aliphatic rings. The molecule has 0 unspecified atom stereocenters. The normalized spacial score (nSPS) is 10.9. The van der Waals surface area contributed by atoms with Gasteiger partial charge in [-0.25, -0.2) is 0 Å². The first-order valence-electron chi connectivity index (χ1n) is 6.29. The van der Waals surface area contributed by atoms with Crippen LogP contribution in [0, 0.1) is 13.8 Å². The van der Waals surface area contributed by atoms with Crippen molar-refractivity contribution in [3.05, 3.63) is 64.7 Å². The lowest BCUT2D eigenvalue weighted by atomic mass is 10.0. The Morgan fingerprint density at radius 1 is 1.00 bits per heavy atom. The van der Waals surface area contributed by atoms with Gasteiger partial charge in [-0.05, 0) is 43.2 Å². The second kappa shape index (κ2) is 5.61. The molecule has 2 N–H and O–H groups in total. The van der Waals surface area contributed by atoms with E-state index in [0.29, 0.717) is 11.1 Å². The SMILES string of the molecule is Cc1ccc(C(=O)/C=C/c2ccc(O)c(O)c2)c(C)c1. The van der Waals surface area contributed by atoms with Crippen LogP contribution >= 0.6 is 0 Å². The van der Waals surface area contributed by atoms with Gasteiger partial charge in [-0.1, -0.05) is 35.9 Å². The maximum Gasteiger partial charge on any atom is 0.186 e. The number of allylic oxidation sites excluding steroid dienone is 1. The van der Waals surface area contributed by atoms with Gasteiger partial charge in [-0.3, -0.25) is 4.79 Å². The molecular formula is C17H16O3. The van der Waals surface area contributed by atoms with Crippen molar-refractivity contribution in [2.45, 2.75) is 13.8 Å². The third-order valence-electron chi connectivity index (χ3n) is 3.07. The van der Waals surface area contributed by atoms with E-state index in [1.54, 1.807) is 12.1 Å². The molecule has 0 aliphatic carbocycles. The van der Waals surface area contributed by atoms with Crippen molar-refractivity contribution in [1.82, 2.24) is 0 Å². The van der Waals surface area contributed by atoms with Gasteiger partial charge in [0.25, 0.3) is 0 Å². The lowest BCUT2D eigenvalue weighted by Crippen LogP contribution is -1.97. The van der Waals surface area contributed by atoms with E-state index in [1.165, 1.54) is 18.2 Å². The number of aryl methyl sites for hydroxylation is 2. The zero-order valence-corrected chi connectivity index (χ0v) is 11.4. The molecule has 0 radical (unpaired) electrons. The molecule has 0 spiro atoms. The summed E-state index contributed by atoms with van der Waals surface area (Å²) < 4.78 is 0. The summed E-state index contributed by atoms with van der Waals surface area (Å²) in [7, 11) is 0. The Bertz CT molecular complexity index is 685. The van der Waals surface area contributed by atoms with Crippen molar-refractivity contribution in [2.24, 2.45) is 0 Å². The van der Waals surface area contributed by atoms with Crippen molar-refractivity contribution >= 4 is 11.9 Å². The fourth-order valence-corrected chi connectivity index (χ4v) is 2.00. The van der Waals surface area contributed by atoms with Crippen LogP contribution in [0.4, 0.5) is 0 Å². The summed E-state index contributed by atoms with van der Waals surface area (Å²) in [6.45, 7) is 3.89. The average Bonchev–Trinajstić information content (AvgIpc) is 2.40. The zero-order valence-electron chi connectivity index (χ0n) is 11.4. The third kappa shape index (κ3) is 3.06. The van der Waals surface area contributed by atoms with Gasteiger partial charge in [0.15, 0.2) is 17.3 Å². The van der Waals surface area contributed by atoms with E-state index in [-0.39, 0.29) is 17.3 Å². The second-order valence-electron chi connectivity index (χ2n) is 4.76. The molecule has 0 aromatic heterocycles. The predicted molar refractivity (Wildman–Crippen MR) is 79.1 cm³/mol. The number of carbonyl (C=O) groups excluding carboxylic acids is 1. The minimum atomic E-state index is -0.203. The standard InChI is InChI=1S/C17H16O3/c1-11-3-6-14(12(2)9-11)15(18)7-4-13-5-8-16(19)17(20)10-13/h3-10,19-20H,1-2H3/b7-4+. The summed E-state index contributed by atoms with van der Waals surface area (Å²) in [6.07, 6.45) is 3.07. The monoisotopic (exact) mass is 268 g/mol. The van der Waals surface area contributed by atoms with Crippen LogP contribution in [0.25, 0.3) is 6.08 Å². The number of phenolic OH excluding ortho intramolecular Hbond substituents is 2. The van der Waals surface area contributed by atoms with Crippen molar-refractivity contribution in [3.63, 3.8) is 0 Å². The van der Waals surface area contributed by atoms with Crippen LogP contribution in [0.15, 0.2) is 42.5 Å². The Kier molecular flexibility index (Phi) is 3.89. The summed E-state index contributed by atoms with van der Waals surface area (Å²) in [6, 6.07) is 10.1. The van der Waals surface area contributed by atoms with Gasteiger partial charge in [0.1, 0.15) is 0 Å². The van der Waals surface area contributed by atoms with E-state index < -0.39 is 0 Å². The van der Waals surface area contributed by atoms with E-state index >= 15 is 0 Å². The van der Waals surface area contributed by atoms with Gasteiger partial charge < -0.3 is 10.2 Å². The minimum Gasteiger partial charge on any atom is -0.504 e. The number of hydrogen-bond acceptors (Lipinski definition) is 3. The highest BCUT2D eigenvalue weighted by atomic mass is 16.3. The van der Waals surface area contributed by atoms with Gasteiger partial charge in [-0.15, -0.1) is 0 Å². The molecule has 2 rings (SSSR count). The Morgan fingerprint density at radius 3 is 2.40 bits per heavy atom. The smallest absolute Gasteiger partial charge is 0.186 e. The Labute approximate surface area is 117 Å². The molecule has 0 atom stereocenters. The van der Waals surface area contributed by atoms with Crippen LogP contribution in [0.3, 0.4) is 0 Å². The first-order valence-corrected chi connectivity index (χ1v) is 6.29. The zero-order chi connectivity index (χ0) is 14.7. The third-order valence-corrected chi connectivity index (χ3v) is 3.07. The van der Waals surface area contributed by atoms with Gasteiger partial charge in [0.05, 0.1) is 0 Å². The van der Waals surface area contributed by atoms with Crippen molar-refractivity contribution < 1.29 is 15.0 Å². The second-order valence-corrected chi connectivity index (χ2v) is 4.76. The van der Waals surface area contributed by atoms with Crippen molar-refractivity contribution in [3.8, 4) is 11.5 Å². The number of benzene rings is 2. The van der Waals surface area contributed by atoms with E-state index in [1.807, 2.05) is 32.0 Å². The van der Waals surface area contributed by atoms with Gasteiger partial charge in [0.2, 0.25) is 0 Å². The Balaban J connectivity index is 2.22. The van der Waals surface area contributed by atoms with Gasteiger partial charge >= 0.3 is 0 Å². The molecule has 0 amide bonds. The van der Waals surface area contributed by atoms with Crippen LogP contribution in [0.5, 0.6) is 11.5 Å². The highest BCUT2D eigenvalue weighted by Crippen LogP contribution is 2.25. The Morgan fingerprint density at radius 2 is 1.75 bits per heavy atom. The van der Waals surface area contributed by atoms with E-state index in [9.17, 15) is 15.0 Å². The number of rotatable bonds is 3. The van der Waals surface area contributed by atoms with Gasteiger partial charge in [-0.2, -0.15) is 0 Å². The molecule has 0 heterocycles. The molecule has 102 valence electrons. The molecule has 0 saturated heterocycles. The van der Waals surface area contributed by atoms with Gasteiger partial charge in [0, 0.05) is 5.56 Å². The number of ketones is 1. The first-order chi connectivity index (χ1) is 9.47. The molecule has 3 heteroatoms. The summed E-state index contributed by atoms with van der Waals surface area (Å²) in [5.74, 6) is -0.468. The number of aromatic hydroxyl groups is 2. The van der Waals surface area contributed by atoms with E-state index in [2.05, 4.69) is 0 Å². The van der Waals surface area contributed by atoms with Crippen molar-refractivity contribution in [1.29, 1.82) is 0 Å². The molecule has 2 aromatic rings. The summed E-state index contributed by atoms with van der Waals surface area (Å²) in [5.41, 5.74) is 3.37. The molecule has 3 nitrogen and oxygen atoms in total. The maximum absolute atomic E-state index is 12.1. The quantitative estimate of drug-likeness (QED) is 0.508. The minimum absolute atomic E-state index is 0.0879. The lowest BCUT2D eigenvalue weighted by molar-refractivity contribution is 0.104. The first kappa shape index (κ1) is 13.9. The van der Waals surface area contributed by atoms with Crippen LogP contribution < -0.4 is 0 Å². The Hall–Kier alpha value is -2.55. The fourth-order valence-electron chi connectivity index (χ4n) is 2.00. The predicted octanol–water partition coefficient (Wildman–Crippen LogP) is 3.61. The van der Waals surface area contributed by atoms with E-state index in [4.69, 9.17) is 0 Å². The highest BCUT2D eigenvalue weighted by Gasteiger charge is 2.05. The van der Waals surface area contributed by atoms with E-state index in [0.717, 1.165) is 11.1 Å². The summed E-state index contributed by atoms with van der Waals surface area (Å²) in [4.78, 5) is 12.1. The van der Waals surface area contributed by atoms with Crippen LogP contribution in [-0.4, -0.2) is 16.0 Å². The topological polar surface area (TPSA) is 57.5 Å². The molecular weight excluding hydrogens is 252 g/mol. The summed E-state index contributed by atoms with van der Waals surface area (Å²) in [5, 5.41) is 18.6. The average molecular weight is 268 g/mol.